The molecule has 1 aliphatic rings. The molecule has 0 saturated carbocycles. The minimum absolute atomic E-state index is 0.110. The summed E-state index contributed by atoms with van der Waals surface area (Å²) in [6, 6.07) is 13.5. The Hall–Kier alpha value is -2.67. The fourth-order valence-electron chi connectivity index (χ4n) is 2.69. The fourth-order valence-corrected chi connectivity index (χ4v) is 3.63. The number of carbonyl (C=O) groups excluding carboxylic acids is 1. The minimum atomic E-state index is -0.150. The molecule has 120 valence electrons. The summed E-state index contributed by atoms with van der Waals surface area (Å²) in [7, 11) is 0. The molecule has 1 fully saturated rings. The molecule has 2 aromatic heterocycles. The van der Waals surface area contributed by atoms with Crippen LogP contribution < -0.4 is 4.90 Å². The molecule has 0 aliphatic carbocycles. The van der Waals surface area contributed by atoms with E-state index in [0.717, 1.165) is 24.2 Å². The molecule has 0 radical (unpaired) electrons. The number of nitrogens with zero attached hydrogens (tertiary/aromatic N) is 4. The van der Waals surface area contributed by atoms with Gasteiger partial charge in [0.05, 0.1) is 5.25 Å². The number of rotatable bonds is 4. The highest BCUT2D eigenvalue weighted by atomic mass is 32.2. The molecule has 3 aromatic rings. The topological polar surface area (TPSA) is 74.8 Å². The normalized spacial score (nSPS) is 17.4. The van der Waals surface area contributed by atoms with Gasteiger partial charge in [-0.2, -0.15) is 0 Å². The summed E-state index contributed by atoms with van der Waals surface area (Å²) in [6.07, 6.45) is 4.23. The Kier molecular flexibility index (Phi) is 4.00. The molecular weight excluding hydrogens is 322 g/mol. The Balaban J connectivity index is 1.47. The van der Waals surface area contributed by atoms with E-state index in [4.69, 9.17) is 0 Å². The van der Waals surface area contributed by atoms with Crippen molar-refractivity contribution in [2.75, 3.05) is 11.4 Å². The van der Waals surface area contributed by atoms with Gasteiger partial charge >= 0.3 is 0 Å². The van der Waals surface area contributed by atoms with E-state index in [1.165, 1.54) is 11.8 Å². The number of benzene rings is 1. The number of carbonyl (C=O) groups is 1. The van der Waals surface area contributed by atoms with Crippen LogP contribution in [0.3, 0.4) is 0 Å². The van der Waals surface area contributed by atoms with Gasteiger partial charge in [0, 0.05) is 30.2 Å². The smallest absolute Gasteiger partial charge is 0.240 e. The number of aromatic nitrogens is 4. The Morgan fingerprint density at radius 3 is 2.83 bits per heavy atom. The van der Waals surface area contributed by atoms with Crippen molar-refractivity contribution in [2.45, 2.75) is 16.8 Å². The van der Waals surface area contributed by atoms with Crippen molar-refractivity contribution in [3.8, 4) is 11.4 Å². The van der Waals surface area contributed by atoms with Crippen LogP contribution in [0.4, 0.5) is 5.69 Å². The van der Waals surface area contributed by atoms with E-state index in [1.807, 2.05) is 47.4 Å². The quantitative estimate of drug-likeness (QED) is 0.792. The number of aromatic amines is 1. The summed E-state index contributed by atoms with van der Waals surface area (Å²) in [5.41, 5.74) is 1.82. The van der Waals surface area contributed by atoms with Crippen LogP contribution in [0.2, 0.25) is 0 Å². The molecule has 1 atom stereocenters. The lowest BCUT2D eigenvalue weighted by atomic mass is 10.3. The zero-order valence-electron chi connectivity index (χ0n) is 12.8. The standard InChI is InChI=1S/C17H15N5OS/c23-16-14(8-10-22(16)13-6-2-1-3-7-13)24-17-19-15(20-21-17)12-5-4-9-18-11-12/h1-7,9,11,14H,8,10H2,(H,19,20,21)/t14-/m1/s1. The third kappa shape index (κ3) is 2.90. The van der Waals surface area contributed by atoms with Gasteiger partial charge in [-0.1, -0.05) is 30.0 Å². The molecule has 4 rings (SSSR count). The number of amides is 1. The monoisotopic (exact) mass is 337 g/mol. The summed E-state index contributed by atoms with van der Waals surface area (Å²) < 4.78 is 0. The average molecular weight is 337 g/mol. The lowest BCUT2D eigenvalue weighted by Crippen LogP contribution is -2.27. The van der Waals surface area contributed by atoms with Gasteiger partial charge in [0.25, 0.3) is 0 Å². The maximum Gasteiger partial charge on any atom is 0.240 e. The molecule has 1 saturated heterocycles. The van der Waals surface area contributed by atoms with Gasteiger partial charge in [-0.15, -0.1) is 5.10 Å². The van der Waals surface area contributed by atoms with Gasteiger partial charge < -0.3 is 4.90 Å². The summed E-state index contributed by atoms with van der Waals surface area (Å²) in [5, 5.41) is 7.56. The second-order valence-electron chi connectivity index (χ2n) is 5.43. The number of pyridine rings is 1. The molecule has 7 heteroatoms. The van der Waals surface area contributed by atoms with Crippen LogP contribution in [0.5, 0.6) is 0 Å². The third-order valence-corrected chi connectivity index (χ3v) is 4.99. The molecule has 1 amide bonds. The molecule has 6 nitrogen and oxygen atoms in total. The van der Waals surface area contributed by atoms with E-state index in [2.05, 4.69) is 20.2 Å². The lowest BCUT2D eigenvalue weighted by molar-refractivity contribution is -0.116. The zero-order valence-corrected chi connectivity index (χ0v) is 13.6. The summed E-state index contributed by atoms with van der Waals surface area (Å²) in [4.78, 5) is 23.0. The number of hydrogen-bond acceptors (Lipinski definition) is 5. The number of anilines is 1. The van der Waals surface area contributed by atoms with Gasteiger partial charge in [0.1, 0.15) is 0 Å². The Morgan fingerprint density at radius 2 is 2.04 bits per heavy atom. The number of hydrogen-bond donors (Lipinski definition) is 1. The van der Waals surface area contributed by atoms with E-state index in [0.29, 0.717) is 11.0 Å². The Morgan fingerprint density at radius 1 is 1.17 bits per heavy atom. The summed E-state index contributed by atoms with van der Waals surface area (Å²) in [6.45, 7) is 0.723. The number of nitrogens with one attached hydrogen (secondary N) is 1. The molecule has 0 spiro atoms. The second kappa shape index (κ2) is 6.45. The van der Waals surface area contributed by atoms with Crippen molar-refractivity contribution in [2.24, 2.45) is 0 Å². The predicted octanol–water partition coefficient (Wildman–Crippen LogP) is 2.76. The highest BCUT2D eigenvalue weighted by Gasteiger charge is 2.34. The molecule has 0 bridgehead atoms. The van der Waals surface area contributed by atoms with Crippen LogP contribution in [-0.2, 0) is 4.79 Å². The molecule has 3 heterocycles. The van der Waals surface area contributed by atoms with E-state index in [9.17, 15) is 4.79 Å². The first-order chi connectivity index (χ1) is 11.8. The van der Waals surface area contributed by atoms with Gasteiger partial charge in [0.15, 0.2) is 5.82 Å². The zero-order chi connectivity index (χ0) is 16.4. The largest absolute Gasteiger partial charge is 0.311 e. The van der Waals surface area contributed by atoms with E-state index in [1.54, 1.807) is 12.4 Å². The maximum atomic E-state index is 12.6. The van der Waals surface area contributed by atoms with Gasteiger partial charge in [-0.05, 0) is 30.7 Å². The molecule has 0 unspecified atom stereocenters. The molecule has 1 aliphatic heterocycles. The van der Waals surface area contributed by atoms with Crippen LogP contribution in [0, 0.1) is 0 Å². The molecule has 1 N–H and O–H groups in total. The van der Waals surface area contributed by atoms with Gasteiger partial charge in [0.2, 0.25) is 11.1 Å². The highest BCUT2D eigenvalue weighted by Crippen LogP contribution is 2.32. The van der Waals surface area contributed by atoms with Gasteiger partial charge in [-0.3, -0.25) is 14.9 Å². The number of thioether (sulfide) groups is 1. The third-order valence-electron chi connectivity index (χ3n) is 3.87. The summed E-state index contributed by atoms with van der Waals surface area (Å²) in [5.74, 6) is 0.773. The van der Waals surface area contributed by atoms with Gasteiger partial charge in [-0.25, -0.2) is 4.98 Å². The predicted molar refractivity (Wildman–Crippen MR) is 92.7 cm³/mol. The van der Waals surface area contributed by atoms with E-state index >= 15 is 0 Å². The van der Waals surface area contributed by atoms with Crippen molar-refractivity contribution in [3.63, 3.8) is 0 Å². The fraction of sp³-hybridized carbons (Fsp3) is 0.176. The lowest BCUT2D eigenvalue weighted by Gasteiger charge is -2.16. The second-order valence-corrected chi connectivity index (χ2v) is 6.60. The minimum Gasteiger partial charge on any atom is -0.311 e. The van der Waals surface area contributed by atoms with E-state index < -0.39 is 0 Å². The first-order valence-corrected chi connectivity index (χ1v) is 8.55. The Bertz CT molecular complexity index is 836. The molecule has 24 heavy (non-hydrogen) atoms. The van der Waals surface area contributed by atoms with Crippen molar-refractivity contribution in [1.29, 1.82) is 0 Å². The van der Waals surface area contributed by atoms with Crippen LogP contribution in [0.15, 0.2) is 60.0 Å². The number of para-hydroxylation sites is 1. The average Bonchev–Trinajstić information content (AvgIpc) is 3.25. The molecular formula is C17H15N5OS. The van der Waals surface area contributed by atoms with Crippen LogP contribution in [0.1, 0.15) is 6.42 Å². The van der Waals surface area contributed by atoms with Crippen molar-refractivity contribution >= 4 is 23.4 Å². The van der Waals surface area contributed by atoms with Crippen molar-refractivity contribution < 1.29 is 4.79 Å². The first kappa shape index (κ1) is 14.9. The van der Waals surface area contributed by atoms with Crippen LogP contribution in [-0.4, -0.2) is 37.9 Å². The van der Waals surface area contributed by atoms with Crippen LogP contribution in [0.25, 0.3) is 11.4 Å². The Labute approximate surface area is 143 Å². The van der Waals surface area contributed by atoms with Crippen molar-refractivity contribution in [1.82, 2.24) is 20.2 Å². The van der Waals surface area contributed by atoms with Crippen LogP contribution >= 0.6 is 11.8 Å². The highest BCUT2D eigenvalue weighted by molar-refractivity contribution is 8.00. The summed E-state index contributed by atoms with van der Waals surface area (Å²) >= 11 is 1.41. The SMILES string of the molecule is O=C1[C@H](Sc2n[nH]c(-c3cccnc3)n2)CCN1c1ccccc1. The maximum absolute atomic E-state index is 12.6. The van der Waals surface area contributed by atoms with E-state index in [-0.39, 0.29) is 11.2 Å². The first-order valence-electron chi connectivity index (χ1n) is 7.67. The molecule has 1 aromatic carbocycles. The van der Waals surface area contributed by atoms with Crippen molar-refractivity contribution in [3.05, 3.63) is 54.9 Å². The number of H-pyrrole nitrogens is 1.